The van der Waals surface area contributed by atoms with Crippen molar-refractivity contribution in [1.82, 2.24) is 4.57 Å². The van der Waals surface area contributed by atoms with Crippen molar-refractivity contribution in [1.29, 1.82) is 0 Å². The number of para-hydroxylation sites is 1. The van der Waals surface area contributed by atoms with Gasteiger partial charge in [0.05, 0.1) is 20.3 Å². The standard InChI is InChI=1S/C23H26N2O5/c1-25-13-16(15-11-7-8-12-17(15)25)20-18(22(26)28-2)19(23(27)29-3)21(30-20)24-14-9-5-4-6-10-14/h7-8,11-14,20H,4-6,9-10H2,1-3H3. The van der Waals surface area contributed by atoms with E-state index >= 15 is 0 Å². The number of aliphatic imine (C=N–C) groups is 1. The molecule has 1 aliphatic carbocycles. The van der Waals surface area contributed by atoms with Crippen LogP contribution in [0.5, 0.6) is 0 Å². The molecule has 2 aliphatic rings. The quantitative estimate of drug-likeness (QED) is 0.720. The van der Waals surface area contributed by atoms with Gasteiger partial charge in [0.1, 0.15) is 11.1 Å². The van der Waals surface area contributed by atoms with Gasteiger partial charge in [-0.05, 0) is 18.9 Å². The topological polar surface area (TPSA) is 79.1 Å². The van der Waals surface area contributed by atoms with E-state index in [1.807, 2.05) is 42.1 Å². The minimum absolute atomic E-state index is 0.0628. The van der Waals surface area contributed by atoms with E-state index in [0.717, 1.165) is 42.1 Å². The van der Waals surface area contributed by atoms with Crippen LogP contribution >= 0.6 is 0 Å². The van der Waals surface area contributed by atoms with Gasteiger partial charge < -0.3 is 18.8 Å². The smallest absolute Gasteiger partial charge is 0.344 e. The lowest BCUT2D eigenvalue weighted by Gasteiger charge is -2.19. The van der Waals surface area contributed by atoms with Crippen LogP contribution in [0.15, 0.2) is 46.6 Å². The third-order valence-electron chi connectivity index (χ3n) is 5.85. The molecule has 1 aromatic heterocycles. The van der Waals surface area contributed by atoms with Gasteiger partial charge in [0, 0.05) is 29.7 Å². The molecule has 0 N–H and O–H groups in total. The molecule has 2 heterocycles. The van der Waals surface area contributed by atoms with Crippen LogP contribution in [0.3, 0.4) is 0 Å². The Kier molecular flexibility index (Phi) is 5.61. The highest BCUT2D eigenvalue weighted by Gasteiger charge is 2.43. The fourth-order valence-corrected chi connectivity index (χ4v) is 4.37. The number of aromatic nitrogens is 1. The van der Waals surface area contributed by atoms with E-state index in [0.29, 0.717) is 0 Å². The van der Waals surface area contributed by atoms with Crippen LogP contribution in [0.1, 0.15) is 43.8 Å². The molecule has 7 heteroatoms. The maximum Gasteiger partial charge on any atom is 0.344 e. The number of carbonyl (C=O) groups excluding carboxylic acids is 2. The number of ether oxygens (including phenoxy) is 3. The van der Waals surface area contributed by atoms with Crippen molar-refractivity contribution in [2.24, 2.45) is 12.0 Å². The van der Waals surface area contributed by atoms with Crippen molar-refractivity contribution in [3.05, 3.63) is 47.2 Å². The average molecular weight is 410 g/mol. The fourth-order valence-electron chi connectivity index (χ4n) is 4.37. The predicted molar refractivity (Wildman–Crippen MR) is 112 cm³/mol. The second-order valence-corrected chi connectivity index (χ2v) is 7.71. The molecule has 2 aromatic rings. The van der Waals surface area contributed by atoms with Gasteiger partial charge in [-0.15, -0.1) is 0 Å². The first-order valence-corrected chi connectivity index (χ1v) is 10.2. The van der Waals surface area contributed by atoms with E-state index in [-0.39, 0.29) is 23.1 Å². The summed E-state index contributed by atoms with van der Waals surface area (Å²) in [7, 11) is 4.51. The second kappa shape index (κ2) is 8.34. The summed E-state index contributed by atoms with van der Waals surface area (Å²) < 4.78 is 18.2. The van der Waals surface area contributed by atoms with E-state index in [1.165, 1.54) is 20.6 Å². The molecule has 1 unspecified atom stereocenters. The third kappa shape index (κ3) is 3.49. The van der Waals surface area contributed by atoms with Gasteiger partial charge in [0.15, 0.2) is 6.10 Å². The van der Waals surface area contributed by atoms with Crippen molar-refractivity contribution in [3.63, 3.8) is 0 Å². The summed E-state index contributed by atoms with van der Waals surface area (Å²) in [4.78, 5) is 30.2. The summed E-state index contributed by atoms with van der Waals surface area (Å²) in [6.07, 6.45) is 6.37. The van der Waals surface area contributed by atoms with Gasteiger partial charge >= 0.3 is 11.9 Å². The number of carbonyl (C=O) groups is 2. The Morgan fingerprint density at radius 3 is 2.47 bits per heavy atom. The molecule has 30 heavy (non-hydrogen) atoms. The molecule has 0 bridgehead atoms. The van der Waals surface area contributed by atoms with Gasteiger partial charge in [-0.3, -0.25) is 0 Å². The molecule has 0 spiro atoms. The lowest BCUT2D eigenvalue weighted by molar-refractivity contribution is -0.139. The lowest BCUT2D eigenvalue weighted by atomic mass is 9.95. The van der Waals surface area contributed by atoms with Gasteiger partial charge in [-0.1, -0.05) is 37.5 Å². The number of aryl methyl sites for hydroxylation is 1. The minimum Gasteiger partial charge on any atom is -0.466 e. The second-order valence-electron chi connectivity index (χ2n) is 7.71. The monoisotopic (exact) mass is 410 g/mol. The molecule has 1 aliphatic heterocycles. The van der Waals surface area contributed by atoms with E-state index in [1.54, 1.807) is 0 Å². The number of benzene rings is 1. The fraction of sp³-hybridized carbons (Fsp3) is 0.435. The van der Waals surface area contributed by atoms with E-state index in [4.69, 9.17) is 19.2 Å². The van der Waals surface area contributed by atoms with Crippen molar-refractivity contribution in [2.75, 3.05) is 14.2 Å². The van der Waals surface area contributed by atoms with Gasteiger partial charge in [0.25, 0.3) is 0 Å². The highest BCUT2D eigenvalue weighted by atomic mass is 16.5. The number of methoxy groups -OCH3 is 2. The zero-order valence-electron chi connectivity index (χ0n) is 17.5. The summed E-state index contributed by atoms with van der Waals surface area (Å²) in [5, 5.41) is 0.939. The van der Waals surface area contributed by atoms with Crippen LogP contribution < -0.4 is 0 Å². The third-order valence-corrected chi connectivity index (χ3v) is 5.85. The number of fused-ring (bicyclic) bond motifs is 1. The summed E-state index contributed by atoms with van der Waals surface area (Å²) >= 11 is 0. The number of hydrogen-bond acceptors (Lipinski definition) is 6. The van der Waals surface area contributed by atoms with Crippen LogP contribution in [0.25, 0.3) is 10.9 Å². The molecule has 7 nitrogen and oxygen atoms in total. The molecule has 0 saturated heterocycles. The molecule has 1 aromatic carbocycles. The molecule has 1 fully saturated rings. The Morgan fingerprint density at radius 2 is 1.77 bits per heavy atom. The Balaban J connectivity index is 1.87. The molecular weight excluding hydrogens is 384 g/mol. The summed E-state index contributed by atoms with van der Waals surface area (Å²) in [6, 6.07) is 7.91. The van der Waals surface area contributed by atoms with E-state index < -0.39 is 18.0 Å². The van der Waals surface area contributed by atoms with Gasteiger partial charge in [0.2, 0.25) is 5.90 Å². The van der Waals surface area contributed by atoms with E-state index in [2.05, 4.69) is 0 Å². The Hall–Kier alpha value is -3.09. The SMILES string of the molecule is COC(=O)C1=C(C(=O)OC)C(c2cn(C)c3ccccc23)OC1=NC1CCCCC1. The lowest BCUT2D eigenvalue weighted by Crippen LogP contribution is -2.19. The summed E-state index contributed by atoms with van der Waals surface area (Å²) in [5.41, 5.74) is 1.98. The molecule has 4 rings (SSSR count). The van der Waals surface area contributed by atoms with Crippen molar-refractivity contribution < 1.29 is 23.8 Å². The van der Waals surface area contributed by atoms with Gasteiger partial charge in [-0.25, -0.2) is 14.6 Å². The number of hydrogen-bond donors (Lipinski definition) is 0. The molecule has 0 amide bonds. The van der Waals surface area contributed by atoms with Crippen LogP contribution in [-0.4, -0.2) is 42.7 Å². The van der Waals surface area contributed by atoms with Gasteiger partial charge in [-0.2, -0.15) is 0 Å². The Labute approximate surface area is 175 Å². The first-order chi connectivity index (χ1) is 14.5. The van der Waals surface area contributed by atoms with E-state index in [9.17, 15) is 9.59 Å². The van der Waals surface area contributed by atoms with Crippen LogP contribution in [0.2, 0.25) is 0 Å². The maximum atomic E-state index is 12.8. The molecule has 1 atom stereocenters. The Bertz CT molecular complexity index is 1040. The molecular formula is C23H26N2O5. The van der Waals surface area contributed by atoms with Crippen LogP contribution in [-0.2, 0) is 30.8 Å². The Morgan fingerprint density at radius 1 is 1.07 bits per heavy atom. The average Bonchev–Trinajstić information content (AvgIpc) is 3.31. The number of esters is 2. The number of rotatable bonds is 4. The molecule has 1 saturated carbocycles. The zero-order valence-corrected chi connectivity index (χ0v) is 17.5. The highest BCUT2D eigenvalue weighted by molar-refractivity contribution is 6.23. The van der Waals surface area contributed by atoms with Crippen LogP contribution in [0, 0.1) is 0 Å². The first-order valence-electron chi connectivity index (χ1n) is 10.2. The number of nitrogens with zero attached hydrogens (tertiary/aromatic N) is 2. The first kappa shape index (κ1) is 20.2. The van der Waals surface area contributed by atoms with Crippen molar-refractivity contribution in [3.8, 4) is 0 Å². The minimum atomic E-state index is -0.792. The molecule has 0 radical (unpaired) electrons. The zero-order chi connectivity index (χ0) is 21.3. The van der Waals surface area contributed by atoms with Crippen molar-refractivity contribution in [2.45, 2.75) is 44.2 Å². The summed E-state index contributed by atoms with van der Waals surface area (Å²) in [6.45, 7) is 0. The maximum absolute atomic E-state index is 12.8. The summed E-state index contributed by atoms with van der Waals surface area (Å²) in [5.74, 6) is -1.10. The largest absolute Gasteiger partial charge is 0.466 e. The predicted octanol–water partition coefficient (Wildman–Crippen LogP) is 3.62. The highest BCUT2D eigenvalue weighted by Crippen LogP contribution is 2.41. The van der Waals surface area contributed by atoms with Crippen LogP contribution in [0.4, 0.5) is 0 Å². The molecule has 158 valence electrons. The normalized spacial score (nSPS) is 21.2. The van der Waals surface area contributed by atoms with Crippen molar-refractivity contribution >= 4 is 28.7 Å².